The van der Waals surface area contributed by atoms with Crippen molar-refractivity contribution in [3.8, 4) is 0 Å². The number of carbonyl (C=O) groups excluding carboxylic acids is 1. The second-order valence-corrected chi connectivity index (χ2v) is 6.98. The van der Waals surface area contributed by atoms with Gasteiger partial charge in [-0.2, -0.15) is 5.10 Å². The summed E-state index contributed by atoms with van der Waals surface area (Å²) in [4.78, 5) is 19.3. The summed E-state index contributed by atoms with van der Waals surface area (Å²) >= 11 is 3.56. The van der Waals surface area contributed by atoms with Crippen LogP contribution in [0.2, 0.25) is 0 Å². The van der Waals surface area contributed by atoms with Crippen LogP contribution in [0.15, 0.2) is 16.9 Å². The van der Waals surface area contributed by atoms with Crippen molar-refractivity contribution < 1.29 is 4.79 Å². The van der Waals surface area contributed by atoms with Crippen molar-refractivity contribution >= 4 is 34.2 Å². The number of nitrogens with one attached hydrogen (secondary N) is 2. The average Bonchev–Trinajstić information content (AvgIpc) is 3.20. The number of halogens is 2. The molecular formula is C15H20BrClN6O. The van der Waals surface area contributed by atoms with Gasteiger partial charge in [0.1, 0.15) is 11.9 Å². The van der Waals surface area contributed by atoms with Gasteiger partial charge in [0.2, 0.25) is 0 Å². The normalized spacial score (nSPS) is 20.8. The fourth-order valence-electron chi connectivity index (χ4n) is 3.14. The SMILES string of the molecule is Cl.Cn1ccnc1C1CNCCN1C(=O)c1n[nH]c(C2CC2)c1Br. The number of hydrogen-bond acceptors (Lipinski definition) is 4. The van der Waals surface area contributed by atoms with Crippen LogP contribution in [-0.2, 0) is 7.05 Å². The van der Waals surface area contributed by atoms with Gasteiger partial charge in [-0.1, -0.05) is 0 Å². The predicted octanol–water partition coefficient (Wildman–Crippen LogP) is 1.99. The van der Waals surface area contributed by atoms with Gasteiger partial charge in [-0.15, -0.1) is 12.4 Å². The van der Waals surface area contributed by atoms with Crippen LogP contribution in [0.3, 0.4) is 0 Å². The van der Waals surface area contributed by atoms with E-state index in [4.69, 9.17) is 0 Å². The zero-order chi connectivity index (χ0) is 16.0. The number of imidazole rings is 1. The lowest BCUT2D eigenvalue weighted by Gasteiger charge is -2.35. The minimum Gasteiger partial charge on any atom is -0.336 e. The topological polar surface area (TPSA) is 78.8 Å². The minimum absolute atomic E-state index is 0. The summed E-state index contributed by atoms with van der Waals surface area (Å²) in [6.45, 7) is 2.13. The van der Waals surface area contributed by atoms with E-state index in [9.17, 15) is 4.79 Å². The zero-order valence-corrected chi connectivity index (χ0v) is 15.7. The highest BCUT2D eigenvalue weighted by atomic mass is 79.9. The average molecular weight is 416 g/mol. The molecule has 2 aromatic rings. The van der Waals surface area contributed by atoms with Crippen molar-refractivity contribution in [1.29, 1.82) is 0 Å². The van der Waals surface area contributed by atoms with Gasteiger partial charge in [-0.25, -0.2) is 4.98 Å². The van der Waals surface area contributed by atoms with Gasteiger partial charge in [0.25, 0.3) is 5.91 Å². The Morgan fingerprint density at radius 2 is 2.21 bits per heavy atom. The zero-order valence-electron chi connectivity index (χ0n) is 13.3. The van der Waals surface area contributed by atoms with Gasteiger partial charge >= 0.3 is 0 Å². The smallest absolute Gasteiger partial charge is 0.276 e. The van der Waals surface area contributed by atoms with Gasteiger partial charge < -0.3 is 14.8 Å². The van der Waals surface area contributed by atoms with E-state index in [2.05, 4.69) is 36.4 Å². The van der Waals surface area contributed by atoms with E-state index < -0.39 is 0 Å². The third-order valence-corrected chi connectivity index (χ3v) is 5.38. The van der Waals surface area contributed by atoms with E-state index in [1.165, 1.54) is 0 Å². The third-order valence-electron chi connectivity index (χ3n) is 4.58. The third kappa shape index (κ3) is 2.98. The molecular weight excluding hydrogens is 396 g/mol. The molecule has 1 aliphatic heterocycles. The van der Waals surface area contributed by atoms with Crippen molar-refractivity contribution in [2.45, 2.75) is 24.8 Å². The quantitative estimate of drug-likeness (QED) is 0.803. The molecule has 2 aromatic heterocycles. The van der Waals surface area contributed by atoms with Crippen LogP contribution in [0.5, 0.6) is 0 Å². The van der Waals surface area contributed by atoms with E-state index >= 15 is 0 Å². The van der Waals surface area contributed by atoms with Crippen LogP contribution >= 0.6 is 28.3 Å². The fourth-order valence-corrected chi connectivity index (χ4v) is 3.81. The Morgan fingerprint density at radius 3 is 2.88 bits per heavy atom. The van der Waals surface area contributed by atoms with Gasteiger partial charge in [-0.3, -0.25) is 9.89 Å². The number of aromatic nitrogens is 4. The van der Waals surface area contributed by atoms with Crippen molar-refractivity contribution in [1.82, 2.24) is 30.0 Å². The Kier molecular flexibility index (Phi) is 4.98. The van der Waals surface area contributed by atoms with E-state index in [1.54, 1.807) is 6.20 Å². The first-order valence-electron chi connectivity index (χ1n) is 7.89. The van der Waals surface area contributed by atoms with Crippen LogP contribution in [-0.4, -0.2) is 50.2 Å². The molecule has 4 rings (SSSR count). The molecule has 2 fully saturated rings. The van der Waals surface area contributed by atoms with Gasteiger partial charge in [-0.05, 0) is 28.8 Å². The number of hydrogen-bond donors (Lipinski definition) is 2. The van der Waals surface area contributed by atoms with Crippen molar-refractivity contribution in [3.63, 3.8) is 0 Å². The molecule has 0 radical (unpaired) electrons. The van der Waals surface area contributed by atoms with E-state index in [1.807, 2.05) is 22.7 Å². The second kappa shape index (κ2) is 6.85. The highest BCUT2D eigenvalue weighted by Gasteiger charge is 2.35. The molecule has 0 spiro atoms. The molecule has 2 aliphatic rings. The maximum Gasteiger partial charge on any atom is 0.276 e. The Balaban J connectivity index is 0.00000169. The molecule has 7 nitrogen and oxygen atoms in total. The van der Waals surface area contributed by atoms with Crippen molar-refractivity contribution in [2.24, 2.45) is 7.05 Å². The summed E-state index contributed by atoms with van der Waals surface area (Å²) in [5.74, 6) is 1.36. The van der Waals surface area contributed by atoms with Crippen LogP contribution < -0.4 is 5.32 Å². The van der Waals surface area contributed by atoms with E-state index in [0.717, 1.165) is 35.4 Å². The summed E-state index contributed by atoms with van der Waals surface area (Å²) in [7, 11) is 1.95. The summed E-state index contributed by atoms with van der Waals surface area (Å²) in [5, 5.41) is 10.7. The summed E-state index contributed by atoms with van der Waals surface area (Å²) in [5.41, 5.74) is 1.53. The molecule has 1 saturated carbocycles. The highest BCUT2D eigenvalue weighted by Crippen LogP contribution is 2.43. The maximum absolute atomic E-state index is 13.0. The molecule has 3 heterocycles. The molecule has 0 bridgehead atoms. The Bertz CT molecular complexity index is 740. The Labute approximate surface area is 154 Å². The molecule has 24 heavy (non-hydrogen) atoms. The molecule has 9 heteroatoms. The second-order valence-electron chi connectivity index (χ2n) is 6.19. The van der Waals surface area contributed by atoms with E-state index in [0.29, 0.717) is 24.7 Å². The number of H-pyrrole nitrogens is 1. The molecule has 130 valence electrons. The fraction of sp³-hybridized carbons (Fsp3) is 0.533. The van der Waals surface area contributed by atoms with Crippen molar-refractivity contribution in [3.05, 3.63) is 34.1 Å². The number of amides is 1. The lowest BCUT2D eigenvalue weighted by atomic mass is 10.1. The molecule has 1 amide bonds. The number of aromatic amines is 1. The number of carbonyl (C=O) groups is 1. The molecule has 1 saturated heterocycles. The first-order valence-corrected chi connectivity index (χ1v) is 8.68. The van der Waals surface area contributed by atoms with Gasteiger partial charge in [0.05, 0.1) is 10.2 Å². The van der Waals surface area contributed by atoms with E-state index in [-0.39, 0.29) is 24.4 Å². The number of nitrogens with zero attached hydrogens (tertiary/aromatic N) is 4. The molecule has 1 aliphatic carbocycles. The van der Waals surface area contributed by atoms with Crippen molar-refractivity contribution in [2.75, 3.05) is 19.6 Å². The Morgan fingerprint density at radius 1 is 1.42 bits per heavy atom. The summed E-state index contributed by atoms with van der Waals surface area (Å²) in [6, 6.07) is -0.0794. The lowest BCUT2D eigenvalue weighted by Crippen LogP contribution is -2.49. The largest absolute Gasteiger partial charge is 0.336 e. The molecule has 1 unspecified atom stereocenters. The Hall–Kier alpha value is -1.38. The molecule has 1 atom stereocenters. The van der Waals surface area contributed by atoms with Crippen LogP contribution in [0.25, 0.3) is 0 Å². The van der Waals surface area contributed by atoms with Gasteiger partial charge in [0, 0.05) is 45.0 Å². The number of piperazine rings is 1. The summed E-state index contributed by atoms with van der Waals surface area (Å²) in [6.07, 6.45) is 6.00. The van der Waals surface area contributed by atoms with Gasteiger partial charge in [0.15, 0.2) is 5.69 Å². The van der Waals surface area contributed by atoms with Crippen LogP contribution in [0.4, 0.5) is 0 Å². The van der Waals surface area contributed by atoms with Crippen LogP contribution in [0.1, 0.15) is 46.8 Å². The molecule has 2 N–H and O–H groups in total. The first-order chi connectivity index (χ1) is 11.2. The standard InChI is InChI=1S/C15H19BrN6O.ClH/c1-21-6-5-18-14(21)10-8-17-4-7-22(10)15(23)13-11(16)12(19-20-13)9-2-3-9;/h5-6,9-10,17H,2-4,7-8H2,1H3,(H,19,20);1H. The first kappa shape index (κ1) is 17.4. The maximum atomic E-state index is 13.0. The summed E-state index contributed by atoms with van der Waals surface area (Å²) < 4.78 is 2.79. The number of rotatable bonds is 3. The number of aryl methyl sites for hydroxylation is 1. The monoisotopic (exact) mass is 414 g/mol. The minimum atomic E-state index is -0.0794. The molecule has 0 aromatic carbocycles. The lowest BCUT2D eigenvalue weighted by molar-refractivity contribution is 0.0613. The highest BCUT2D eigenvalue weighted by molar-refractivity contribution is 9.10. The van der Waals surface area contributed by atoms with Crippen LogP contribution in [0, 0.1) is 0 Å². The predicted molar refractivity (Wildman–Crippen MR) is 95.4 cm³/mol.